The number of carbonyl (C=O) groups is 1. The zero-order chi connectivity index (χ0) is 14.8. The minimum absolute atomic E-state index is 0.230. The molecule has 0 bridgehead atoms. The van der Waals surface area contributed by atoms with E-state index in [9.17, 15) is 4.79 Å². The number of nitrogens with one attached hydrogen (secondary N) is 1. The van der Waals surface area contributed by atoms with Crippen molar-refractivity contribution in [2.24, 2.45) is 5.10 Å². The van der Waals surface area contributed by atoms with Gasteiger partial charge in [0.2, 0.25) is 0 Å². The van der Waals surface area contributed by atoms with Crippen LogP contribution in [0, 0.1) is 13.8 Å². The standard InChI is InChI=1S/C16H14N2O3/c1-10-7-13(11(2)20-10)9-17-18-16(19)15-8-12-5-3-4-6-14(12)21-15/h3-9H,1-2H3,(H,18,19)/b17-9-. The maximum absolute atomic E-state index is 12.0. The number of hydrogen-bond donors (Lipinski definition) is 1. The number of furan rings is 2. The molecule has 106 valence electrons. The Kier molecular flexibility index (Phi) is 3.31. The van der Waals surface area contributed by atoms with Gasteiger partial charge >= 0.3 is 5.91 Å². The fourth-order valence-electron chi connectivity index (χ4n) is 2.09. The Hall–Kier alpha value is -2.82. The minimum Gasteiger partial charge on any atom is -0.466 e. The van der Waals surface area contributed by atoms with Gasteiger partial charge in [0.1, 0.15) is 17.1 Å². The van der Waals surface area contributed by atoms with E-state index in [0.717, 1.165) is 22.5 Å². The van der Waals surface area contributed by atoms with Crippen LogP contribution in [0.4, 0.5) is 0 Å². The van der Waals surface area contributed by atoms with Crippen molar-refractivity contribution in [2.45, 2.75) is 13.8 Å². The largest absolute Gasteiger partial charge is 0.466 e. The number of fused-ring (bicyclic) bond motifs is 1. The molecule has 0 saturated heterocycles. The van der Waals surface area contributed by atoms with Crippen LogP contribution in [0.5, 0.6) is 0 Å². The summed E-state index contributed by atoms with van der Waals surface area (Å²) in [5.74, 6) is 1.40. The van der Waals surface area contributed by atoms with Crippen LogP contribution in [0.25, 0.3) is 11.0 Å². The topological polar surface area (TPSA) is 67.7 Å². The van der Waals surface area contributed by atoms with Crippen molar-refractivity contribution in [3.63, 3.8) is 0 Å². The van der Waals surface area contributed by atoms with Gasteiger partial charge < -0.3 is 8.83 Å². The molecule has 0 aliphatic carbocycles. The van der Waals surface area contributed by atoms with Gasteiger partial charge in [-0.2, -0.15) is 5.10 Å². The predicted octanol–water partition coefficient (Wildman–Crippen LogP) is 3.41. The Morgan fingerprint density at radius 3 is 2.71 bits per heavy atom. The van der Waals surface area contributed by atoms with Crippen LogP contribution in [0.3, 0.4) is 0 Å². The zero-order valence-electron chi connectivity index (χ0n) is 11.7. The summed E-state index contributed by atoms with van der Waals surface area (Å²) in [5.41, 5.74) is 3.94. The first kappa shape index (κ1) is 13.2. The van der Waals surface area contributed by atoms with E-state index in [0.29, 0.717) is 5.58 Å². The molecule has 0 radical (unpaired) electrons. The van der Waals surface area contributed by atoms with Gasteiger partial charge in [-0.15, -0.1) is 0 Å². The van der Waals surface area contributed by atoms with Crippen LogP contribution >= 0.6 is 0 Å². The van der Waals surface area contributed by atoms with Gasteiger partial charge in [0, 0.05) is 10.9 Å². The van der Waals surface area contributed by atoms with E-state index in [2.05, 4.69) is 10.5 Å². The lowest BCUT2D eigenvalue weighted by atomic mass is 10.2. The molecule has 0 aliphatic heterocycles. The van der Waals surface area contributed by atoms with Crippen molar-refractivity contribution in [2.75, 3.05) is 0 Å². The van der Waals surface area contributed by atoms with Gasteiger partial charge in [-0.3, -0.25) is 4.79 Å². The second-order valence-electron chi connectivity index (χ2n) is 4.72. The average molecular weight is 282 g/mol. The Morgan fingerprint density at radius 1 is 1.19 bits per heavy atom. The van der Waals surface area contributed by atoms with Crippen molar-refractivity contribution in [3.8, 4) is 0 Å². The van der Waals surface area contributed by atoms with E-state index in [1.165, 1.54) is 0 Å². The van der Waals surface area contributed by atoms with Crippen LogP contribution in [0.2, 0.25) is 0 Å². The summed E-state index contributed by atoms with van der Waals surface area (Å²) in [6, 6.07) is 11.0. The summed E-state index contributed by atoms with van der Waals surface area (Å²) in [6.45, 7) is 3.70. The van der Waals surface area contributed by atoms with Gasteiger partial charge in [0.25, 0.3) is 0 Å². The summed E-state index contributed by atoms with van der Waals surface area (Å²) in [7, 11) is 0. The molecule has 0 saturated carbocycles. The molecule has 3 aromatic rings. The van der Waals surface area contributed by atoms with Crippen molar-refractivity contribution in [1.29, 1.82) is 0 Å². The SMILES string of the molecule is Cc1cc(/C=N\NC(=O)c2cc3ccccc3o2)c(C)o1. The van der Waals surface area contributed by atoms with Crippen LogP contribution < -0.4 is 5.43 Å². The Bertz CT molecular complexity index is 794. The summed E-state index contributed by atoms with van der Waals surface area (Å²) in [6.07, 6.45) is 1.55. The van der Waals surface area contributed by atoms with E-state index in [1.807, 2.05) is 44.2 Å². The van der Waals surface area contributed by atoms with Crippen LogP contribution in [-0.4, -0.2) is 12.1 Å². The molecule has 0 atom stereocenters. The Morgan fingerprint density at radius 2 is 2.00 bits per heavy atom. The smallest absolute Gasteiger partial charge is 0.307 e. The van der Waals surface area contributed by atoms with Gasteiger partial charge in [0.05, 0.1) is 6.21 Å². The Labute approximate surface area is 121 Å². The van der Waals surface area contributed by atoms with E-state index in [1.54, 1.807) is 12.3 Å². The number of hydrazone groups is 1. The van der Waals surface area contributed by atoms with E-state index >= 15 is 0 Å². The highest BCUT2D eigenvalue weighted by Gasteiger charge is 2.11. The first-order valence-electron chi connectivity index (χ1n) is 6.52. The number of para-hydroxylation sites is 1. The zero-order valence-corrected chi connectivity index (χ0v) is 11.7. The first-order chi connectivity index (χ1) is 10.1. The monoisotopic (exact) mass is 282 g/mol. The highest BCUT2D eigenvalue weighted by Crippen LogP contribution is 2.18. The molecule has 1 aromatic carbocycles. The van der Waals surface area contributed by atoms with Crippen molar-refractivity contribution >= 4 is 23.1 Å². The van der Waals surface area contributed by atoms with Crippen LogP contribution in [-0.2, 0) is 0 Å². The number of rotatable bonds is 3. The van der Waals surface area contributed by atoms with Crippen molar-refractivity contribution < 1.29 is 13.6 Å². The third kappa shape index (κ3) is 2.72. The lowest BCUT2D eigenvalue weighted by Crippen LogP contribution is -2.16. The summed E-state index contributed by atoms with van der Waals surface area (Å²) in [4.78, 5) is 12.0. The minimum atomic E-state index is -0.389. The van der Waals surface area contributed by atoms with Crippen molar-refractivity contribution in [1.82, 2.24) is 5.43 Å². The normalized spacial score (nSPS) is 11.3. The second kappa shape index (κ2) is 5.28. The average Bonchev–Trinajstić information content (AvgIpc) is 3.02. The molecule has 0 aliphatic rings. The van der Waals surface area contributed by atoms with Crippen LogP contribution in [0.1, 0.15) is 27.6 Å². The molecule has 5 heteroatoms. The predicted molar refractivity (Wildman–Crippen MR) is 79.5 cm³/mol. The van der Waals surface area contributed by atoms with E-state index < -0.39 is 0 Å². The van der Waals surface area contributed by atoms with Gasteiger partial charge in [-0.25, -0.2) is 5.43 Å². The van der Waals surface area contributed by atoms with Gasteiger partial charge in [-0.1, -0.05) is 18.2 Å². The maximum atomic E-state index is 12.0. The Balaban J connectivity index is 1.73. The van der Waals surface area contributed by atoms with Gasteiger partial charge in [0.15, 0.2) is 5.76 Å². The van der Waals surface area contributed by atoms with Crippen LogP contribution in [0.15, 0.2) is 50.3 Å². The third-order valence-electron chi connectivity index (χ3n) is 3.10. The lowest BCUT2D eigenvalue weighted by Gasteiger charge is -1.94. The molecule has 1 N–H and O–H groups in total. The molecule has 3 rings (SSSR count). The fourth-order valence-corrected chi connectivity index (χ4v) is 2.09. The molecule has 1 amide bonds. The molecule has 5 nitrogen and oxygen atoms in total. The highest BCUT2D eigenvalue weighted by atomic mass is 16.3. The lowest BCUT2D eigenvalue weighted by molar-refractivity contribution is 0.0929. The quantitative estimate of drug-likeness (QED) is 0.591. The summed E-state index contributed by atoms with van der Waals surface area (Å²) in [5, 5.41) is 4.80. The van der Waals surface area contributed by atoms with Crippen molar-refractivity contribution in [3.05, 3.63) is 59.2 Å². The number of hydrogen-bond acceptors (Lipinski definition) is 4. The number of aryl methyl sites for hydroxylation is 2. The number of benzene rings is 1. The molecule has 2 heterocycles. The molecule has 0 spiro atoms. The number of amides is 1. The fraction of sp³-hybridized carbons (Fsp3) is 0.125. The number of nitrogens with zero attached hydrogens (tertiary/aromatic N) is 1. The van der Waals surface area contributed by atoms with Gasteiger partial charge in [-0.05, 0) is 32.0 Å². The van der Waals surface area contributed by atoms with E-state index in [4.69, 9.17) is 8.83 Å². The molecule has 0 fully saturated rings. The van der Waals surface area contributed by atoms with E-state index in [-0.39, 0.29) is 11.7 Å². The second-order valence-corrected chi connectivity index (χ2v) is 4.72. The number of carbonyl (C=O) groups excluding carboxylic acids is 1. The molecule has 21 heavy (non-hydrogen) atoms. The summed E-state index contributed by atoms with van der Waals surface area (Å²) < 4.78 is 10.8. The first-order valence-corrected chi connectivity index (χ1v) is 6.52. The molecule has 0 unspecified atom stereocenters. The highest BCUT2D eigenvalue weighted by molar-refractivity contribution is 5.96. The molecular weight excluding hydrogens is 268 g/mol. The maximum Gasteiger partial charge on any atom is 0.307 e. The summed E-state index contributed by atoms with van der Waals surface area (Å²) >= 11 is 0. The molecule has 2 aromatic heterocycles. The molecular formula is C16H14N2O3. The third-order valence-corrected chi connectivity index (χ3v) is 3.10.